The van der Waals surface area contributed by atoms with Crippen LogP contribution in [0, 0.1) is 11.8 Å². The van der Waals surface area contributed by atoms with Gasteiger partial charge in [0.15, 0.2) is 11.6 Å². The van der Waals surface area contributed by atoms with Crippen molar-refractivity contribution < 1.29 is 9.53 Å². The van der Waals surface area contributed by atoms with Gasteiger partial charge < -0.3 is 15.0 Å². The molecule has 0 radical (unpaired) electrons. The zero-order chi connectivity index (χ0) is 20.3. The number of aromatic nitrogens is 1. The van der Waals surface area contributed by atoms with Crippen LogP contribution >= 0.6 is 0 Å². The molecule has 1 aromatic heterocycles. The van der Waals surface area contributed by atoms with Gasteiger partial charge in [-0.05, 0) is 69.4 Å². The summed E-state index contributed by atoms with van der Waals surface area (Å²) in [5.74, 6) is 3.88. The number of fused-ring (bicyclic) bond motifs is 1. The van der Waals surface area contributed by atoms with E-state index in [1.165, 1.54) is 57.1 Å². The summed E-state index contributed by atoms with van der Waals surface area (Å²) in [6, 6.07) is 2.52. The van der Waals surface area contributed by atoms with E-state index in [1.807, 2.05) is 6.20 Å². The molecule has 6 nitrogen and oxygen atoms in total. The van der Waals surface area contributed by atoms with E-state index in [0.717, 1.165) is 63.1 Å². The van der Waals surface area contributed by atoms with Crippen molar-refractivity contribution in [3.63, 3.8) is 0 Å². The minimum atomic E-state index is 0.294. The van der Waals surface area contributed by atoms with Crippen LogP contribution in [-0.2, 0) is 11.2 Å². The molecule has 1 N–H and O–H groups in total. The third kappa shape index (κ3) is 4.90. The Morgan fingerprint density at radius 1 is 1.07 bits per heavy atom. The van der Waals surface area contributed by atoms with Gasteiger partial charge in [0.25, 0.3) is 0 Å². The van der Waals surface area contributed by atoms with Crippen LogP contribution in [-0.4, -0.2) is 61.2 Å². The second-order valence-electron chi connectivity index (χ2n) is 9.77. The number of hydrogen-bond donors (Lipinski definition) is 1. The molecule has 0 spiro atoms. The quantitative estimate of drug-likeness (QED) is 0.746. The lowest BCUT2D eigenvalue weighted by atomic mass is 9.84. The van der Waals surface area contributed by atoms with Crippen LogP contribution < -0.4 is 15.0 Å². The van der Waals surface area contributed by atoms with Gasteiger partial charge in [0.1, 0.15) is 0 Å². The molecule has 2 aliphatic heterocycles. The van der Waals surface area contributed by atoms with Gasteiger partial charge in [-0.25, -0.2) is 4.98 Å². The van der Waals surface area contributed by atoms with Crippen LogP contribution in [0.3, 0.4) is 0 Å². The Labute approximate surface area is 180 Å². The minimum absolute atomic E-state index is 0.294. The molecule has 1 amide bonds. The number of carbonyl (C=O) groups is 1. The molecule has 1 saturated heterocycles. The van der Waals surface area contributed by atoms with E-state index >= 15 is 0 Å². The Kier molecular flexibility index (Phi) is 6.12. The van der Waals surface area contributed by atoms with E-state index < -0.39 is 0 Å². The number of hydrogen-bond acceptors (Lipinski definition) is 5. The number of rotatable bonds is 7. The van der Waals surface area contributed by atoms with Crippen LogP contribution in [0.4, 0.5) is 5.82 Å². The zero-order valence-corrected chi connectivity index (χ0v) is 18.2. The molecule has 164 valence electrons. The maximum Gasteiger partial charge on any atom is 0.220 e. The van der Waals surface area contributed by atoms with E-state index in [2.05, 4.69) is 26.2 Å². The Bertz CT molecular complexity index is 735. The average molecular weight is 413 g/mol. The molecule has 1 aromatic rings. The molecular formula is C24H36N4O2. The highest BCUT2D eigenvalue weighted by Gasteiger charge is 2.28. The summed E-state index contributed by atoms with van der Waals surface area (Å²) in [6.45, 7) is 6.28. The maximum atomic E-state index is 12.0. The van der Waals surface area contributed by atoms with Gasteiger partial charge in [-0.1, -0.05) is 0 Å². The van der Waals surface area contributed by atoms with Gasteiger partial charge in [-0.3, -0.25) is 9.69 Å². The highest BCUT2D eigenvalue weighted by Crippen LogP contribution is 2.35. The highest BCUT2D eigenvalue weighted by atomic mass is 16.5. The van der Waals surface area contributed by atoms with E-state index in [4.69, 9.17) is 4.74 Å². The van der Waals surface area contributed by atoms with E-state index in [1.54, 1.807) is 0 Å². The van der Waals surface area contributed by atoms with Gasteiger partial charge in [0.05, 0.1) is 6.61 Å². The van der Waals surface area contributed by atoms with Gasteiger partial charge in [0.2, 0.25) is 5.91 Å². The molecule has 3 fully saturated rings. The fraction of sp³-hybridized carbons (Fsp3) is 0.750. The molecule has 5 rings (SSSR count). The van der Waals surface area contributed by atoms with Crippen LogP contribution in [0.2, 0.25) is 0 Å². The van der Waals surface area contributed by atoms with Crippen molar-refractivity contribution in [3.8, 4) is 5.75 Å². The molecular weight excluding hydrogens is 376 g/mol. The number of nitrogens with one attached hydrogen (secondary N) is 1. The first-order valence-electron chi connectivity index (χ1n) is 12.1. The Hall–Kier alpha value is -1.82. The summed E-state index contributed by atoms with van der Waals surface area (Å²) in [6.07, 6.45) is 12.4. The van der Waals surface area contributed by atoms with Crippen LogP contribution in [0.5, 0.6) is 5.75 Å². The lowest BCUT2D eigenvalue weighted by Crippen LogP contribution is -2.47. The van der Waals surface area contributed by atoms with E-state index in [0.29, 0.717) is 17.9 Å². The SMILES string of the molecule is O=C(CC1CC1)NC1CCC(CCN2CCN(c3nccc4c3OCC4)CC2)CC1. The number of amides is 1. The Balaban J connectivity index is 1.01. The van der Waals surface area contributed by atoms with Crippen molar-refractivity contribution in [2.75, 3.05) is 44.2 Å². The molecule has 6 heteroatoms. The number of nitrogens with zero attached hydrogens (tertiary/aromatic N) is 3. The smallest absolute Gasteiger partial charge is 0.220 e. The normalized spacial score (nSPS) is 26.9. The van der Waals surface area contributed by atoms with Gasteiger partial charge in [-0.2, -0.15) is 0 Å². The molecule has 0 unspecified atom stereocenters. The van der Waals surface area contributed by atoms with Gasteiger partial charge in [-0.15, -0.1) is 0 Å². The van der Waals surface area contributed by atoms with Gasteiger partial charge in [0, 0.05) is 56.8 Å². The van der Waals surface area contributed by atoms with Crippen molar-refractivity contribution in [2.45, 2.75) is 63.8 Å². The summed E-state index contributed by atoms with van der Waals surface area (Å²) < 4.78 is 5.85. The first-order chi connectivity index (χ1) is 14.7. The molecule has 4 aliphatic rings. The molecule has 0 aromatic carbocycles. The van der Waals surface area contributed by atoms with Crippen LogP contribution in [0.1, 0.15) is 56.9 Å². The lowest BCUT2D eigenvalue weighted by Gasteiger charge is -2.37. The first kappa shape index (κ1) is 20.1. The third-order valence-electron chi connectivity index (χ3n) is 7.49. The number of carbonyl (C=O) groups excluding carboxylic acids is 1. The number of anilines is 1. The monoisotopic (exact) mass is 412 g/mol. The summed E-state index contributed by atoms with van der Waals surface area (Å²) in [4.78, 5) is 21.7. The van der Waals surface area contributed by atoms with Crippen LogP contribution in [0.15, 0.2) is 12.3 Å². The Morgan fingerprint density at radius 2 is 1.83 bits per heavy atom. The predicted octanol–water partition coefficient (Wildman–Crippen LogP) is 3.00. The fourth-order valence-corrected chi connectivity index (χ4v) is 5.33. The molecule has 3 heterocycles. The van der Waals surface area contributed by atoms with Gasteiger partial charge >= 0.3 is 0 Å². The van der Waals surface area contributed by atoms with Crippen LogP contribution in [0.25, 0.3) is 0 Å². The Morgan fingerprint density at radius 3 is 2.60 bits per heavy atom. The first-order valence-corrected chi connectivity index (χ1v) is 12.1. The summed E-state index contributed by atoms with van der Waals surface area (Å²) >= 11 is 0. The molecule has 30 heavy (non-hydrogen) atoms. The lowest BCUT2D eigenvalue weighted by molar-refractivity contribution is -0.122. The molecule has 2 saturated carbocycles. The average Bonchev–Trinajstić information content (AvgIpc) is 3.45. The largest absolute Gasteiger partial charge is 0.489 e. The summed E-state index contributed by atoms with van der Waals surface area (Å²) in [5, 5.41) is 3.28. The molecule has 0 atom stereocenters. The fourth-order valence-electron chi connectivity index (χ4n) is 5.33. The minimum Gasteiger partial charge on any atom is -0.489 e. The second kappa shape index (κ2) is 9.13. The predicted molar refractivity (Wildman–Crippen MR) is 118 cm³/mol. The van der Waals surface area contributed by atoms with Crippen molar-refractivity contribution in [1.82, 2.24) is 15.2 Å². The third-order valence-corrected chi connectivity index (χ3v) is 7.49. The molecule has 2 aliphatic carbocycles. The topological polar surface area (TPSA) is 57.7 Å². The molecule has 0 bridgehead atoms. The summed E-state index contributed by atoms with van der Waals surface area (Å²) in [5.41, 5.74) is 1.31. The number of piperazine rings is 1. The van der Waals surface area contributed by atoms with Crippen molar-refractivity contribution in [1.29, 1.82) is 0 Å². The van der Waals surface area contributed by atoms with Crippen molar-refractivity contribution in [3.05, 3.63) is 17.8 Å². The van der Waals surface area contributed by atoms with Crippen molar-refractivity contribution in [2.24, 2.45) is 11.8 Å². The number of ether oxygens (including phenoxy) is 1. The second-order valence-corrected chi connectivity index (χ2v) is 9.77. The standard InChI is InChI=1S/C24H36N4O2/c29-22(17-19-1-2-19)26-21-5-3-18(4-6-21)8-11-27-12-14-28(15-13-27)24-23-20(7-10-25-24)9-16-30-23/h7,10,18-19,21H,1-6,8-9,11-17H2,(H,26,29). The maximum absolute atomic E-state index is 12.0. The summed E-state index contributed by atoms with van der Waals surface area (Å²) in [7, 11) is 0. The van der Waals surface area contributed by atoms with Crippen molar-refractivity contribution >= 4 is 11.7 Å². The van der Waals surface area contributed by atoms with E-state index in [9.17, 15) is 4.79 Å². The number of pyridine rings is 1. The zero-order valence-electron chi connectivity index (χ0n) is 18.2. The van der Waals surface area contributed by atoms with E-state index in [-0.39, 0.29) is 0 Å². The highest BCUT2D eigenvalue weighted by molar-refractivity contribution is 5.76.